The monoisotopic (exact) mass is 334 g/mol. The fourth-order valence-electron chi connectivity index (χ4n) is 2.61. The van der Waals surface area contributed by atoms with E-state index in [4.69, 9.17) is 27.9 Å². The van der Waals surface area contributed by atoms with E-state index in [0.717, 1.165) is 11.2 Å². The molecule has 0 aliphatic rings. The predicted octanol–water partition coefficient (Wildman–Crippen LogP) is 5.08. The van der Waals surface area contributed by atoms with E-state index in [1.807, 2.05) is 12.3 Å². The number of pyridine rings is 1. The van der Waals surface area contributed by atoms with Crippen molar-refractivity contribution >= 4 is 34.1 Å². The summed E-state index contributed by atoms with van der Waals surface area (Å²) in [6.07, 6.45) is 1.82. The van der Waals surface area contributed by atoms with Gasteiger partial charge in [-0.15, -0.1) is 0 Å². The summed E-state index contributed by atoms with van der Waals surface area (Å²) >= 11 is 11.9. The molecule has 0 radical (unpaired) electrons. The van der Waals surface area contributed by atoms with Crippen LogP contribution < -0.4 is 4.74 Å². The number of hydrogen-bond acceptors (Lipinski definition) is 2. The van der Waals surface area contributed by atoms with Gasteiger partial charge in [-0.1, -0.05) is 23.2 Å². The van der Waals surface area contributed by atoms with Crippen LogP contribution >= 0.6 is 23.2 Å². The van der Waals surface area contributed by atoms with Crippen molar-refractivity contribution in [1.82, 2.24) is 9.55 Å². The van der Waals surface area contributed by atoms with Gasteiger partial charge in [0.25, 0.3) is 0 Å². The summed E-state index contributed by atoms with van der Waals surface area (Å²) in [4.78, 5) is 4.47. The predicted molar refractivity (Wildman–Crippen MR) is 91.0 cm³/mol. The third-order valence-electron chi connectivity index (χ3n) is 4.05. The zero-order valence-electron chi connectivity index (χ0n) is 12.7. The van der Waals surface area contributed by atoms with Crippen LogP contribution in [-0.2, 0) is 13.7 Å². The van der Waals surface area contributed by atoms with Crippen LogP contribution in [0.4, 0.5) is 0 Å². The summed E-state index contributed by atoms with van der Waals surface area (Å²) in [5, 5.41) is 2.21. The van der Waals surface area contributed by atoms with Gasteiger partial charge in [0.05, 0.1) is 15.6 Å². The Morgan fingerprint density at radius 3 is 2.64 bits per heavy atom. The summed E-state index contributed by atoms with van der Waals surface area (Å²) < 4.78 is 7.98. The van der Waals surface area contributed by atoms with Crippen LogP contribution in [0.3, 0.4) is 0 Å². The zero-order valence-corrected chi connectivity index (χ0v) is 14.2. The lowest BCUT2D eigenvalue weighted by molar-refractivity contribution is 0.302. The van der Waals surface area contributed by atoms with Crippen molar-refractivity contribution in [3.05, 3.63) is 57.5 Å². The average molecular weight is 335 g/mol. The first-order valence-corrected chi connectivity index (χ1v) is 7.72. The second-order valence-corrected chi connectivity index (χ2v) is 6.10. The number of halogens is 2. The highest BCUT2D eigenvalue weighted by molar-refractivity contribution is 6.42. The van der Waals surface area contributed by atoms with Gasteiger partial charge in [0.2, 0.25) is 0 Å². The van der Waals surface area contributed by atoms with Gasteiger partial charge in [-0.3, -0.25) is 4.98 Å². The Balaban J connectivity index is 1.94. The van der Waals surface area contributed by atoms with E-state index in [0.29, 0.717) is 22.4 Å². The molecule has 0 N–H and O–H groups in total. The lowest BCUT2D eigenvalue weighted by atomic mass is 10.2. The van der Waals surface area contributed by atoms with Gasteiger partial charge in [-0.05, 0) is 37.6 Å². The van der Waals surface area contributed by atoms with E-state index in [1.165, 1.54) is 16.6 Å². The van der Waals surface area contributed by atoms with Crippen LogP contribution in [0.25, 0.3) is 10.9 Å². The summed E-state index contributed by atoms with van der Waals surface area (Å²) in [6, 6.07) is 7.28. The maximum Gasteiger partial charge on any atom is 0.132 e. The number of aryl methyl sites for hydroxylation is 2. The minimum atomic E-state index is 0.381. The van der Waals surface area contributed by atoms with Crippen molar-refractivity contribution < 1.29 is 4.74 Å². The molecule has 5 heteroatoms. The van der Waals surface area contributed by atoms with Gasteiger partial charge in [0, 0.05) is 30.4 Å². The molecule has 114 valence electrons. The van der Waals surface area contributed by atoms with Gasteiger partial charge in [0.15, 0.2) is 0 Å². The van der Waals surface area contributed by atoms with Crippen LogP contribution in [0.1, 0.15) is 17.0 Å². The quantitative estimate of drug-likeness (QED) is 0.668. The Morgan fingerprint density at radius 1 is 1.14 bits per heavy atom. The van der Waals surface area contributed by atoms with Crippen molar-refractivity contribution in [2.45, 2.75) is 20.5 Å². The van der Waals surface area contributed by atoms with Crippen molar-refractivity contribution in [1.29, 1.82) is 0 Å². The highest BCUT2D eigenvalue weighted by Crippen LogP contribution is 2.29. The molecule has 0 saturated heterocycles. The number of hydrogen-bond donors (Lipinski definition) is 0. The lowest BCUT2D eigenvalue weighted by Crippen LogP contribution is -2.02. The van der Waals surface area contributed by atoms with Gasteiger partial charge in [-0.2, -0.15) is 0 Å². The normalized spacial score (nSPS) is 11.1. The van der Waals surface area contributed by atoms with E-state index >= 15 is 0 Å². The summed E-state index contributed by atoms with van der Waals surface area (Å²) in [7, 11) is 2.05. The highest BCUT2D eigenvalue weighted by atomic mass is 35.5. The number of nitrogens with zero attached hydrogens (tertiary/aromatic N) is 2. The number of ether oxygens (including phenoxy) is 1. The second-order valence-electron chi connectivity index (χ2n) is 5.29. The molecule has 1 aromatic carbocycles. The number of aromatic nitrogens is 2. The Kier molecular flexibility index (Phi) is 4.02. The van der Waals surface area contributed by atoms with Gasteiger partial charge < -0.3 is 9.30 Å². The van der Waals surface area contributed by atoms with Gasteiger partial charge in [-0.25, -0.2) is 0 Å². The largest absolute Gasteiger partial charge is 0.487 e. The molecule has 3 rings (SSSR count). The van der Waals surface area contributed by atoms with E-state index in [9.17, 15) is 0 Å². The molecule has 3 aromatic rings. The first kappa shape index (κ1) is 15.2. The number of fused-ring (bicyclic) bond motifs is 1. The highest BCUT2D eigenvalue weighted by Gasteiger charge is 2.13. The average Bonchev–Trinajstić information content (AvgIpc) is 2.74. The van der Waals surface area contributed by atoms with Crippen LogP contribution in [-0.4, -0.2) is 9.55 Å². The van der Waals surface area contributed by atoms with Crippen molar-refractivity contribution in [2.75, 3.05) is 0 Å². The molecule has 2 heterocycles. The number of rotatable bonds is 3. The van der Waals surface area contributed by atoms with Crippen LogP contribution in [0.5, 0.6) is 5.75 Å². The molecule has 0 saturated carbocycles. The minimum absolute atomic E-state index is 0.381. The van der Waals surface area contributed by atoms with Gasteiger partial charge >= 0.3 is 0 Å². The molecular weight excluding hydrogens is 319 g/mol. The molecule has 0 amide bonds. The third-order valence-corrected chi connectivity index (χ3v) is 4.79. The fraction of sp³-hybridized carbons (Fsp3) is 0.235. The molecule has 0 fully saturated rings. The molecule has 0 unspecified atom stereocenters. The van der Waals surface area contributed by atoms with Crippen LogP contribution in [0.2, 0.25) is 10.0 Å². The fourth-order valence-corrected chi connectivity index (χ4v) is 2.90. The smallest absolute Gasteiger partial charge is 0.132 e. The molecule has 22 heavy (non-hydrogen) atoms. The maximum atomic E-state index is 6.01. The van der Waals surface area contributed by atoms with E-state index in [2.05, 4.69) is 30.4 Å². The lowest BCUT2D eigenvalue weighted by Gasteiger charge is -2.09. The summed E-state index contributed by atoms with van der Waals surface area (Å²) in [5.41, 5.74) is 4.52. The molecular formula is C17H16Cl2N2O. The Bertz CT molecular complexity index is 855. The summed E-state index contributed by atoms with van der Waals surface area (Å²) in [5.74, 6) is 0.677. The minimum Gasteiger partial charge on any atom is -0.487 e. The Labute approximate surface area is 139 Å². The van der Waals surface area contributed by atoms with Crippen LogP contribution in [0.15, 0.2) is 30.5 Å². The Hall–Kier alpha value is -1.71. The van der Waals surface area contributed by atoms with E-state index in [-0.39, 0.29) is 0 Å². The molecule has 0 aliphatic carbocycles. The molecule has 2 aromatic heterocycles. The topological polar surface area (TPSA) is 27.1 Å². The molecule has 0 bridgehead atoms. The first-order valence-electron chi connectivity index (χ1n) is 6.96. The second kappa shape index (κ2) is 5.82. The van der Waals surface area contributed by atoms with Crippen molar-refractivity contribution in [2.24, 2.45) is 7.05 Å². The molecule has 0 aliphatic heterocycles. The maximum absolute atomic E-state index is 6.01. The Morgan fingerprint density at radius 2 is 1.91 bits per heavy atom. The van der Waals surface area contributed by atoms with Gasteiger partial charge in [0.1, 0.15) is 18.1 Å². The summed E-state index contributed by atoms with van der Waals surface area (Å²) in [6.45, 7) is 4.62. The van der Waals surface area contributed by atoms with Crippen molar-refractivity contribution in [3.63, 3.8) is 0 Å². The van der Waals surface area contributed by atoms with Crippen molar-refractivity contribution in [3.8, 4) is 5.75 Å². The molecule has 0 atom stereocenters. The van der Waals surface area contributed by atoms with E-state index < -0.39 is 0 Å². The van der Waals surface area contributed by atoms with E-state index in [1.54, 1.807) is 18.2 Å². The molecule has 0 spiro atoms. The number of benzene rings is 1. The zero-order chi connectivity index (χ0) is 15.9. The standard InChI is InChI=1S/C17H16Cl2N2O/c1-10-11(2)21(3)17-13(10)6-7-20-16(17)9-22-12-4-5-14(18)15(19)8-12/h4-8H,9H2,1-3H3. The first-order chi connectivity index (χ1) is 10.5. The SMILES string of the molecule is Cc1c(C)n(C)c2c(COc3ccc(Cl)c(Cl)c3)nccc12. The van der Waals surface area contributed by atoms with Crippen LogP contribution in [0, 0.1) is 13.8 Å². The molecule has 3 nitrogen and oxygen atoms in total. The third kappa shape index (κ3) is 2.55.